The van der Waals surface area contributed by atoms with Gasteiger partial charge in [0.25, 0.3) is 5.91 Å². The number of ether oxygens (including phenoxy) is 1. The molecule has 0 bridgehead atoms. The summed E-state index contributed by atoms with van der Waals surface area (Å²) in [6.45, 7) is 6.75. The minimum absolute atomic E-state index is 0.0440. The summed E-state index contributed by atoms with van der Waals surface area (Å²) in [5, 5.41) is 14.0. The molecule has 0 aliphatic carbocycles. The molecule has 3 aromatic carbocycles. The standard InChI is InChI=1S/C27H27NO3/c1-26(2,3)21-14-15-24-22(16-21)23(20-12-8-5-9-13-20)17-27(30,31-24)25(29)28-18-19-10-6-4-7-11-19/h4-17,30H,18H2,1-3H3,(H,28,29). The minimum atomic E-state index is -2.10. The molecule has 1 aliphatic rings. The topological polar surface area (TPSA) is 58.6 Å². The lowest BCUT2D eigenvalue weighted by molar-refractivity contribution is -0.161. The Balaban J connectivity index is 1.72. The first-order valence-electron chi connectivity index (χ1n) is 10.4. The quantitative estimate of drug-likeness (QED) is 0.645. The van der Waals surface area contributed by atoms with Crippen molar-refractivity contribution in [2.24, 2.45) is 0 Å². The number of hydrogen-bond donors (Lipinski definition) is 2. The van der Waals surface area contributed by atoms with Crippen molar-refractivity contribution in [3.8, 4) is 5.75 Å². The maximum atomic E-state index is 13.0. The Morgan fingerprint density at radius 1 is 0.968 bits per heavy atom. The zero-order valence-electron chi connectivity index (χ0n) is 18.1. The number of benzene rings is 3. The van der Waals surface area contributed by atoms with Gasteiger partial charge in [-0.3, -0.25) is 4.79 Å². The van der Waals surface area contributed by atoms with E-state index in [0.29, 0.717) is 12.3 Å². The summed E-state index contributed by atoms with van der Waals surface area (Å²) in [5.41, 5.74) is 4.59. The molecule has 31 heavy (non-hydrogen) atoms. The van der Waals surface area contributed by atoms with Crippen LogP contribution in [0.15, 0.2) is 84.9 Å². The summed E-state index contributed by atoms with van der Waals surface area (Å²) in [6, 6.07) is 25.2. The van der Waals surface area contributed by atoms with Crippen LogP contribution < -0.4 is 10.1 Å². The highest BCUT2D eigenvalue weighted by molar-refractivity contribution is 5.93. The van der Waals surface area contributed by atoms with Crippen molar-refractivity contribution in [1.29, 1.82) is 0 Å². The van der Waals surface area contributed by atoms with Crippen molar-refractivity contribution in [2.75, 3.05) is 0 Å². The molecule has 1 atom stereocenters. The molecule has 1 amide bonds. The Hall–Kier alpha value is -3.37. The van der Waals surface area contributed by atoms with Gasteiger partial charge in [0.05, 0.1) is 0 Å². The Morgan fingerprint density at radius 3 is 2.26 bits per heavy atom. The summed E-state index contributed by atoms with van der Waals surface area (Å²) in [5.74, 6) is -2.22. The number of hydrogen-bond acceptors (Lipinski definition) is 3. The molecule has 3 aromatic rings. The van der Waals surface area contributed by atoms with Gasteiger partial charge >= 0.3 is 5.79 Å². The Bertz CT molecular complexity index is 1110. The number of aliphatic hydroxyl groups is 1. The van der Waals surface area contributed by atoms with Gasteiger partial charge < -0.3 is 15.2 Å². The molecule has 0 saturated heterocycles. The third-order valence-electron chi connectivity index (χ3n) is 5.45. The summed E-state index contributed by atoms with van der Waals surface area (Å²) in [6.07, 6.45) is 1.51. The van der Waals surface area contributed by atoms with Crippen LogP contribution >= 0.6 is 0 Å². The van der Waals surface area contributed by atoms with E-state index < -0.39 is 11.7 Å². The van der Waals surface area contributed by atoms with Crippen molar-refractivity contribution >= 4 is 11.5 Å². The second kappa shape index (κ2) is 8.05. The Morgan fingerprint density at radius 2 is 1.61 bits per heavy atom. The summed E-state index contributed by atoms with van der Waals surface area (Å²) in [7, 11) is 0. The highest BCUT2D eigenvalue weighted by Gasteiger charge is 2.41. The van der Waals surface area contributed by atoms with E-state index in [1.807, 2.05) is 72.8 Å². The zero-order valence-corrected chi connectivity index (χ0v) is 18.1. The van der Waals surface area contributed by atoms with Crippen molar-refractivity contribution in [3.63, 3.8) is 0 Å². The highest BCUT2D eigenvalue weighted by atomic mass is 16.6. The van der Waals surface area contributed by atoms with Crippen LogP contribution in [0.5, 0.6) is 5.75 Å². The second-order valence-electron chi connectivity index (χ2n) is 8.85. The number of rotatable bonds is 4. The van der Waals surface area contributed by atoms with Crippen LogP contribution in [0.3, 0.4) is 0 Å². The van der Waals surface area contributed by atoms with E-state index in [-0.39, 0.29) is 5.41 Å². The van der Waals surface area contributed by atoms with Gasteiger partial charge in [0, 0.05) is 18.2 Å². The monoisotopic (exact) mass is 413 g/mol. The first-order chi connectivity index (χ1) is 14.8. The molecule has 1 heterocycles. The molecule has 0 fully saturated rings. The predicted octanol–water partition coefficient (Wildman–Crippen LogP) is 4.81. The molecule has 0 saturated carbocycles. The molecule has 1 unspecified atom stereocenters. The average Bonchev–Trinajstić information content (AvgIpc) is 2.77. The van der Waals surface area contributed by atoms with Crippen LogP contribution in [0.1, 0.15) is 43.0 Å². The van der Waals surface area contributed by atoms with Crippen LogP contribution in [0, 0.1) is 0 Å². The van der Waals surface area contributed by atoms with Crippen molar-refractivity contribution in [3.05, 3.63) is 107 Å². The van der Waals surface area contributed by atoms with E-state index in [9.17, 15) is 9.90 Å². The van der Waals surface area contributed by atoms with Gasteiger partial charge in [0.15, 0.2) is 0 Å². The molecule has 4 nitrogen and oxygen atoms in total. The summed E-state index contributed by atoms with van der Waals surface area (Å²) < 4.78 is 5.86. The van der Waals surface area contributed by atoms with E-state index in [1.165, 1.54) is 6.08 Å². The number of amides is 1. The van der Waals surface area contributed by atoms with Gasteiger partial charge in [-0.25, -0.2) is 0 Å². The van der Waals surface area contributed by atoms with Gasteiger partial charge in [-0.1, -0.05) is 87.5 Å². The highest BCUT2D eigenvalue weighted by Crippen LogP contribution is 2.41. The van der Waals surface area contributed by atoms with Gasteiger partial charge in [0.1, 0.15) is 5.75 Å². The molecular weight excluding hydrogens is 386 g/mol. The van der Waals surface area contributed by atoms with Crippen LogP contribution in [-0.2, 0) is 16.8 Å². The molecule has 2 N–H and O–H groups in total. The van der Waals surface area contributed by atoms with Crippen molar-refractivity contribution in [2.45, 2.75) is 38.5 Å². The summed E-state index contributed by atoms with van der Waals surface area (Å²) in [4.78, 5) is 13.0. The second-order valence-corrected chi connectivity index (χ2v) is 8.85. The fourth-order valence-corrected chi connectivity index (χ4v) is 3.64. The molecular formula is C27H27NO3. The van der Waals surface area contributed by atoms with E-state index in [4.69, 9.17) is 4.74 Å². The van der Waals surface area contributed by atoms with Crippen LogP contribution in [0.2, 0.25) is 0 Å². The van der Waals surface area contributed by atoms with Crippen LogP contribution in [0.25, 0.3) is 5.57 Å². The maximum Gasteiger partial charge on any atom is 0.309 e. The molecule has 0 radical (unpaired) electrons. The van der Waals surface area contributed by atoms with Crippen molar-refractivity contribution < 1.29 is 14.6 Å². The lowest BCUT2D eigenvalue weighted by Crippen LogP contribution is -2.51. The lowest BCUT2D eigenvalue weighted by atomic mass is 9.83. The molecule has 4 rings (SSSR count). The molecule has 4 heteroatoms. The fraction of sp³-hybridized carbons (Fsp3) is 0.222. The minimum Gasteiger partial charge on any atom is -0.449 e. The SMILES string of the molecule is CC(C)(C)c1ccc2c(c1)C(c1ccccc1)=CC(O)(C(=O)NCc1ccccc1)O2. The van der Waals surface area contributed by atoms with Crippen LogP contribution in [0.4, 0.5) is 0 Å². The molecule has 0 spiro atoms. The van der Waals surface area contributed by atoms with Crippen LogP contribution in [-0.4, -0.2) is 16.8 Å². The third-order valence-corrected chi connectivity index (χ3v) is 5.45. The van der Waals surface area contributed by atoms with Gasteiger partial charge in [0.2, 0.25) is 0 Å². The summed E-state index contributed by atoms with van der Waals surface area (Å²) >= 11 is 0. The van der Waals surface area contributed by atoms with E-state index >= 15 is 0 Å². The Kier molecular flexibility index (Phi) is 5.42. The van der Waals surface area contributed by atoms with E-state index in [1.54, 1.807) is 0 Å². The number of carbonyl (C=O) groups is 1. The Labute approximate surface area is 183 Å². The third kappa shape index (κ3) is 4.39. The normalized spacial score (nSPS) is 17.9. The first kappa shape index (κ1) is 20.9. The first-order valence-corrected chi connectivity index (χ1v) is 10.4. The fourth-order valence-electron chi connectivity index (χ4n) is 3.64. The zero-order chi connectivity index (χ0) is 22.1. The molecule has 158 valence electrons. The largest absolute Gasteiger partial charge is 0.449 e. The number of carbonyl (C=O) groups excluding carboxylic acids is 1. The average molecular weight is 414 g/mol. The smallest absolute Gasteiger partial charge is 0.309 e. The van der Waals surface area contributed by atoms with E-state index in [0.717, 1.165) is 27.8 Å². The lowest BCUT2D eigenvalue weighted by Gasteiger charge is -2.32. The van der Waals surface area contributed by atoms with Gasteiger partial charge in [-0.2, -0.15) is 0 Å². The van der Waals surface area contributed by atoms with Gasteiger partial charge in [-0.05, 0) is 39.8 Å². The molecule has 0 aromatic heterocycles. The number of fused-ring (bicyclic) bond motifs is 1. The number of nitrogens with one attached hydrogen (secondary N) is 1. The maximum absolute atomic E-state index is 13.0. The molecule has 1 aliphatic heterocycles. The van der Waals surface area contributed by atoms with Crippen molar-refractivity contribution in [1.82, 2.24) is 5.32 Å². The van der Waals surface area contributed by atoms with Gasteiger partial charge in [-0.15, -0.1) is 0 Å². The van der Waals surface area contributed by atoms with E-state index in [2.05, 4.69) is 32.2 Å². The predicted molar refractivity (Wildman–Crippen MR) is 123 cm³/mol.